The first kappa shape index (κ1) is 13.5. The number of nitrogens with zero attached hydrogens (tertiary/aromatic N) is 1. The second kappa shape index (κ2) is 5.77. The van der Waals surface area contributed by atoms with Crippen LogP contribution in [-0.2, 0) is 11.2 Å². The van der Waals surface area contributed by atoms with E-state index in [0.29, 0.717) is 19.4 Å². The molecule has 2 amide bonds. The lowest BCUT2D eigenvalue weighted by Crippen LogP contribution is -2.48. The van der Waals surface area contributed by atoms with Crippen molar-refractivity contribution in [2.45, 2.75) is 38.3 Å². The highest BCUT2D eigenvalue weighted by atomic mass is 16.4. The van der Waals surface area contributed by atoms with Crippen LogP contribution < -0.4 is 5.32 Å². The van der Waals surface area contributed by atoms with Crippen LogP contribution in [0.25, 0.3) is 0 Å². The Labute approximate surface area is 111 Å². The van der Waals surface area contributed by atoms with E-state index in [1.165, 1.54) is 4.90 Å². The Bertz CT molecular complexity index is 444. The summed E-state index contributed by atoms with van der Waals surface area (Å²) in [4.78, 5) is 24.4. The fourth-order valence-corrected chi connectivity index (χ4v) is 2.34. The van der Waals surface area contributed by atoms with Gasteiger partial charge in [0.05, 0.1) is 6.26 Å². The molecule has 1 aromatic heterocycles. The van der Waals surface area contributed by atoms with E-state index in [-0.39, 0.29) is 12.1 Å². The van der Waals surface area contributed by atoms with E-state index in [1.807, 2.05) is 13.0 Å². The van der Waals surface area contributed by atoms with Crippen LogP contribution >= 0.6 is 0 Å². The SMILES string of the molecule is CC(Cc1ccco1)NC(=O)N1CCCC1C(=O)O. The first-order valence-corrected chi connectivity index (χ1v) is 6.40. The normalized spacial score (nSPS) is 20.3. The van der Waals surface area contributed by atoms with Crippen molar-refractivity contribution in [3.63, 3.8) is 0 Å². The number of nitrogens with one attached hydrogen (secondary N) is 1. The van der Waals surface area contributed by atoms with E-state index in [1.54, 1.807) is 12.3 Å². The van der Waals surface area contributed by atoms with Gasteiger partial charge in [-0.25, -0.2) is 9.59 Å². The fraction of sp³-hybridized carbons (Fsp3) is 0.538. The van der Waals surface area contributed by atoms with E-state index < -0.39 is 12.0 Å². The minimum Gasteiger partial charge on any atom is -0.480 e. The summed E-state index contributed by atoms with van der Waals surface area (Å²) in [5, 5.41) is 11.8. The number of amides is 2. The minimum atomic E-state index is -0.939. The van der Waals surface area contributed by atoms with Crippen molar-refractivity contribution in [3.8, 4) is 0 Å². The minimum absolute atomic E-state index is 0.103. The highest BCUT2D eigenvalue weighted by molar-refractivity contribution is 5.83. The Balaban J connectivity index is 1.88. The number of aliphatic carboxylic acids is 1. The predicted molar refractivity (Wildman–Crippen MR) is 67.8 cm³/mol. The number of urea groups is 1. The first-order chi connectivity index (χ1) is 9.08. The van der Waals surface area contributed by atoms with E-state index >= 15 is 0 Å². The molecule has 0 radical (unpaired) electrons. The van der Waals surface area contributed by atoms with Crippen molar-refractivity contribution in [3.05, 3.63) is 24.2 Å². The van der Waals surface area contributed by atoms with Gasteiger partial charge in [0.25, 0.3) is 0 Å². The van der Waals surface area contributed by atoms with Crippen LogP contribution in [0.5, 0.6) is 0 Å². The maximum Gasteiger partial charge on any atom is 0.326 e. The molecular formula is C13H18N2O4. The second-order valence-corrected chi connectivity index (χ2v) is 4.82. The molecule has 0 bridgehead atoms. The Morgan fingerprint density at radius 1 is 1.63 bits per heavy atom. The highest BCUT2D eigenvalue weighted by Gasteiger charge is 2.34. The van der Waals surface area contributed by atoms with Gasteiger partial charge in [0.1, 0.15) is 11.8 Å². The lowest BCUT2D eigenvalue weighted by molar-refractivity contribution is -0.141. The van der Waals surface area contributed by atoms with Gasteiger partial charge in [-0.15, -0.1) is 0 Å². The topological polar surface area (TPSA) is 82.8 Å². The van der Waals surface area contributed by atoms with Gasteiger partial charge in [-0.2, -0.15) is 0 Å². The van der Waals surface area contributed by atoms with Crippen molar-refractivity contribution in [1.82, 2.24) is 10.2 Å². The van der Waals surface area contributed by atoms with E-state index in [0.717, 1.165) is 12.2 Å². The van der Waals surface area contributed by atoms with Crippen molar-refractivity contribution in [1.29, 1.82) is 0 Å². The number of likely N-dealkylation sites (tertiary alicyclic amines) is 1. The summed E-state index contributed by atoms with van der Waals surface area (Å²) in [6.45, 7) is 2.36. The Morgan fingerprint density at radius 3 is 3.05 bits per heavy atom. The van der Waals surface area contributed by atoms with Crippen LogP contribution in [0, 0.1) is 0 Å². The molecule has 0 aliphatic carbocycles. The molecule has 2 heterocycles. The number of carboxylic acid groups (broad SMARTS) is 1. The zero-order chi connectivity index (χ0) is 13.8. The monoisotopic (exact) mass is 266 g/mol. The molecule has 104 valence electrons. The van der Waals surface area contributed by atoms with E-state index in [9.17, 15) is 9.59 Å². The van der Waals surface area contributed by atoms with Crippen LogP contribution in [0.4, 0.5) is 4.79 Å². The van der Waals surface area contributed by atoms with Crippen molar-refractivity contribution >= 4 is 12.0 Å². The molecule has 2 N–H and O–H groups in total. The quantitative estimate of drug-likeness (QED) is 0.864. The fourth-order valence-electron chi connectivity index (χ4n) is 2.34. The molecule has 1 saturated heterocycles. The Kier molecular flexibility index (Phi) is 4.09. The third-order valence-corrected chi connectivity index (χ3v) is 3.26. The average molecular weight is 266 g/mol. The summed E-state index contributed by atoms with van der Waals surface area (Å²) in [5.74, 6) is -0.143. The van der Waals surface area contributed by atoms with Crippen LogP contribution in [-0.4, -0.2) is 40.6 Å². The lowest BCUT2D eigenvalue weighted by Gasteiger charge is -2.24. The van der Waals surface area contributed by atoms with Crippen molar-refractivity contribution in [2.24, 2.45) is 0 Å². The molecule has 1 aromatic rings. The van der Waals surface area contributed by atoms with Gasteiger partial charge >= 0.3 is 12.0 Å². The van der Waals surface area contributed by atoms with E-state index in [4.69, 9.17) is 9.52 Å². The van der Waals surface area contributed by atoms with E-state index in [2.05, 4.69) is 5.32 Å². The number of hydrogen-bond donors (Lipinski definition) is 2. The van der Waals surface area contributed by atoms with Gasteiger partial charge in [0.15, 0.2) is 0 Å². The van der Waals surface area contributed by atoms with Crippen LogP contribution in [0.2, 0.25) is 0 Å². The summed E-state index contributed by atoms with van der Waals surface area (Å²) in [6.07, 6.45) is 3.43. The number of furan rings is 1. The average Bonchev–Trinajstić information content (AvgIpc) is 2.97. The lowest BCUT2D eigenvalue weighted by atomic mass is 10.2. The third-order valence-electron chi connectivity index (χ3n) is 3.26. The molecule has 19 heavy (non-hydrogen) atoms. The molecule has 1 fully saturated rings. The summed E-state index contributed by atoms with van der Waals surface area (Å²) >= 11 is 0. The van der Waals surface area contributed by atoms with Crippen molar-refractivity contribution in [2.75, 3.05) is 6.54 Å². The predicted octanol–water partition coefficient (Wildman–Crippen LogP) is 1.47. The molecule has 2 unspecified atom stereocenters. The summed E-state index contributed by atoms with van der Waals surface area (Å²) in [6, 6.07) is 2.53. The van der Waals surface area contributed by atoms with Gasteiger partial charge in [0.2, 0.25) is 0 Å². The molecule has 1 aliphatic heterocycles. The molecule has 2 atom stereocenters. The summed E-state index contributed by atoms with van der Waals surface area (Å²) in [5.41, 5.74) is 0. The third kappa shape index (κ3) is 3.27. The molecule has 6 heteroatoms. The Hall–Kier alpha value is -1.98. The smallest absolute Gasteiger partial charge is 0.326 e. The highest BCUT2D eigenvalue weighted by Crippen LogP contribution is 2.17. The zero-order valence-electron chi connectivity index (χ0n) is 10.8. The number of carbonyl (C=O) groups excluding carboxylic acids is 1. The summed E-state index contributed by atoms with van der Waals surface area (Å²) in [7, 11) is 0. The molecule has 0 aromatic carbocycles. The number of rotatable bonds is 4. The van der Waals surface area contributed by atoms with Crippen LogP contribution in [0.15, 0.2) is 22.8 Å². The van der Waals surface area contributed by atoms with Gasteiger partial charge < -0.3 is 19.7 Å². The second-order valence-electron chi connectivity index (χ2n) is 4.82. The zero-order valence-corrected chi connectivity index (χ0v) is 10.8. The maximum absolute atomic E-state index is 12.0. The van der Waals surface area contributed by atoms with Gasteiger partial charge in [-0.1, -0.05) is 0 Å². The van der Waals surface area contributed by atoms with Gasteiger partial charge in [0, 0.05) is 19.0 Å². The van der Waals surface area contributed by atoms with Gasteiger partial charge in [-0.3, -0.25) is 0 Å². The Morgan fingerprint density at radius 2 is 2.42 bits per heavy atom. The molecule has 2 rings (SSSR count). The number of carboxylic acids is 1. The summed E-state index contributed by atoms with van der Waals surface area (Å²) < 4.78 is 5.21. The molecule has 0 spiro atoms. The number of carbonyl (C=O) groups is 2. The van der Waals surface area contributed by atoms with Crippen molar-refractivity contribution < 1.29 is 19.1 Å². The standard InChI is InChI=1S/C13H18N2O4/c1-9(8-10-4-3-7-19-10)14-13(18)15-6-2-5-11(15)12(16)17/h3-4,7,9,11H,2,5-6,8H2,1H3,(H,14,18)(H,16,17). The molecule has 1 aliphatic rings. The van der Waals surface area contributed by atoms with Crippen LogP contribution in [0.3, 0.4) is 0 Å². The first-order valence-electron chi connectivity index (χ1n) is 6.40. The molecule has 0 saturated carbocycles. The largest absolute Gasteiger partial charge is 0.480 e. The van der Waals surface area contributed by atoms with Gasteiger partial charge in [-0.05, 0) is 31.9 Å². The van der Waals surface area contributed by atoms with Crippen LogP contribution in [0.1, 0.15) is 25.5 Å². The molecular weight excluding hydrogens is 248 g/mol. The maximum atomic E-state index is 12.0. The molecule has 6 nitrogen and oxygen atoms in total. The number of hydrogen-bond acceptors (Lipinski definition) is 3.